The molecule has 0 bridgehead atoms. The number of sulfonamides is 1. The number of nitrogens with one attached hydrogen (secondary N) is 1. The average molecular weight is 491 g/mol. The van der Waals surface area contributed by atoms with E-state index >= 15 is 0 Å². The molecule has 0 saturated heterocycles. The van der Waals surface area contributed by atoms with Crippen molar-refractivity contribution in [3.05, 3.63) is 42.5 Å². The highest BCUT2D eigenvalue weighted by atomic mass is 32.2. The van der Waals surface area contributed by atoms with E-state index in [9.17, 15) is 8.42 Å². The number of hydrogen-bond acceptors (Lipinski definition) is 3. The molecular weight excluding hydrogens is 444 g/mol. The third-order valence-electron chi connectivity index (χ3n) is 7.80. The molecule has 1 aliphatic carbocycles. The summed E-state index contributed by atoms with van der Waals surface area (Å²) in [7, 11) is -5.78. The Morgan fingerprint density at radius 1 is 1.03 bits per heavy atom. The van der Waals surface area contributed by atoms with Gasteiger partial charge in [-0.2, -0.15) is 0 Å². The second kappa shape index (κ2) is 11.8. The minimum Gasteiger partial charge on any atom is -0.268 e. The monoisotopic (exact) mass is 490 g/mol. The lowest BCUT2D eigenvalue weighted by Crippen LogP contribution is -2.54. The molecular formula is C27H46N2O2SSi. The van der Waals surface area contributed by atoms with Crippen LogP contribution in [0.3, 0.4) is 0 Å². The van der Waals surface area contributed by atoms with Crippen LogP contribution in [0.15, 0.2) is 46.8 Å². The van der Waals surface area contributed by atoms with E-state index in [-0.39, 0.29) is 11.6 Å². The zero-order valence-electron chi connectivity index (χ0n) is 21.9. The number of aliphatic imine (C=N–C) groups is 1. The van der Waals surface area contributed by atoms with Crippen LogP contribution in [-0.4, -0.2) is 28.4 Å². The quantitative estimate of drug-likeness (QED) is 0.159. The summed E-state index contributed by atoms with van der Waals surface area (Å²) in [6, 6.07) is 7.28. The highest BCUT2D eigenvalue weighted by molar-refractivity contribution is 7.90. The van der Waals surface area contributed by atoms with Crippen LogP contribution >= 0.6 is 0 Å². The van der Waals surface area contributed by atoms with Gasteiger partial charge in [-0.05, 0) is 54.9 Å². The van der Waals surface area contributed by atoms with Crippen LogP contribution in [0, 0.1) is 6.92 Å². The van der Waals surface area contributed by atoms with E-state index in [1.165, 1.54) is 19.3 Å². The smallest absolute Gasteiger partial charge is 0.262 e. The summed E-state index contributed by atoms with van der Waals surface area (Å²) in [5.74, 6) is 0.685. The van der Waals surface area contributed by atoms with Crippen molar-refractivity contribution >= 4 is 23.9 Å². The second-order valence-electron chi connectivity index (χ2n) is 10.8. The Balaban J connectivity index is 2.65. The molecule has 186 valence electrons. The van der Waals surface area contributed by atoms with Crippen molar-refractivity contribution in [3.63, 3.8) is 0 Å². The Kier molecular flexibility index (Phi) is 9.98. The fourth-order valence-corrected chi connectivity index (χ4v) is 15.2. The Morgan fingerprint density at radius 3 is 2.00 bits per heavy atom. The summed E-state index contributed by atoms with van der Waals surface area (Å²) in [5.41, 5.74) is 2.59. The Morgan fingerprint density at radius 2 is 1.55 bits per heavy atom. The van der Waals surface area contributed by atoms with Gasteiger partial charge < -0.3 is 0 Å². The van der Waals surface area contributed by atoms with E-state index < -0.39 is 18.1 Å². The SMILES string of the molecule is C=CCC(C(=NC1CCCCC1)NS(=O)(=O)c1ccc(C)cc1)[Si](C(C)C)(C(C)C)C(C)C. The number of hydrogen-bond donors (Lipinski definition) is 1. The van der Waals surface area contributed by atoms with Crippen molar-refractivity contribution in [2.24, 2.45) is 4.99 Å². The zero-order valence-corrected chi connectivity index (χ0v) is 23.7. The van der Waals surface area contributed by atoms with Crippen molar-refractivity contribution in [1.29, 1.82) is 0 Å². The standard InChI is InChI=1S/C27H46N2O2SSi/c1-9-13-26(33(20(2)3,21(4)5)22(6)7)27(28-24-14-11-10-12-15-24)29-32(30,31)25-18-16-23(8)17-19-25/h9,16-22,24,26H,1,10-15H2,2-8H3,(H,28,29). The first-order valence-electron chi connectivity index (χ1n) is 12.7. The third kappa shape index (κ3) is 6.39. The molecule has 6 heteroatoms. The summed E-state index contributed by atoms with van der Waals surface area (Å²) in [6.07, 6.45) is 8.37. The lowest BCUT2D eigenvalue weighted by Gasteiger charge is -2.49. The van der Waals surface area contributed by atoms with E-state index in [1.807, 2.05) is 25.1 Å². The summed E-state index contributed by atoms with van der Waals surface area (Å²) in [5, 5.41) is 0. The van der Waals surface area contributed by atoms with Gasteiger partial charge in [-0.3, -0.25) is 9.71 Å². The van der Waals surface area contributed by atoms with Gasteiger partial charge in [0.25, 0.3) is 10.0 Å². The van der Waals surface area contributed by atoms with Crippen LogP contribution in [0.4, 0.5) is 0 Å². The van der Waals surface area contributed by atoms with Crippen molar-refractivity contribution in [2.45, 2.75) is 120 Å². The molecule has 2 rings (SSSR count). The number of allylic oxidation sites excluding steroid dienone is 1. The largest absolute Gasteiger partial charge is 0.268 e. The predicted octanol–water partition coefficient (Wildman–Crippen LogP) is 7.63. The lowest BCUT2D eigenvalue weighted by atomic mass is 9.96. The van der Waals surface area contributed by atoms with E-state index in [4.69, 9.17) is 4.99 Å². The van der Waals surface area contributed by atoms with Crippen LogP contribution in [0.1, 0.15) is 85.6 Å². The van der Waals surface area contributed by atoms with Crippen molar-refractivity contribution < 1.29 is 8.42 Å². The fraction of sp³-hybridized carbons (Fsp3) is 0.667. The highest BCUT2D eigenvalue weighted by Gasteiger charge is 2.51. The van der Waals surface area contributed by atoms with Gasteiger partial charge in [-0.1, -0.05) is 84.6 Å². The number of rotatable bonds is 10. The third-order valence-corrected chi connectivity index (χ3v) is 16.9. The maximum atomic E-state index is 13.5. The Labute approximate surface area is 204 Å². The van der Waals surface area contributed by atoms with Gasteiger partial charge in [0.1, 0.15) is 5.84 Å². The number of amidine groups is 1. The number of benzene rings is 1. The van der Waals surface area contributed by atoms with Gasteiger partial charge in [-0.25, -0.2) is 8.42 Å². The molecule has 33 heavy (non-hydrogen) atoms. The van der Waals surface area contributed by atoms with Crippen LogP contribution in [0.25, 0.3) is 0 Å². The summed E-state index contributed by atoms with van der Waals surface area (Å²) < 4.78 is 30.1. The van der Waals surface area contributed by atoms with E-state index in [0.717, 1.165) is 24.8 Å². The molecule has 4 nitrogen and oxygen atoms in total. The minimum atomic E-state index is -3.72. The van der Waals surface area contributed by atoms with E-state index in [0.29, 0.717) is 27.4 Å². The molecule has 1 saturated carbocycles. The van der Waals surface area contributed by atoms with E-state index in [1.54, 1.807) is 12.1 Å². The summed E-state index contributed by atoms with van der Waals surface area (Å²) >= 11 is 0. The molecule has 1 aromatic rings. The molecule has 1 aliphatic rings. The molecule has 0 radical (unpaired) electrons. The fourth-order valence-electron chi connectivity index (χ4n) is 6.43. The van der Waals surface area contributed by atoms with Gasteiger partial charge in [0.05, 0.1) is 19.0 Å². The predicted molar refractivity (Wildman–Crippen MR) is 145 cm³/mol. The van der Waals surface area contributed by atoms with E-state index in [2.05, 4.69) is 52.8 Å². The van der Waals surface area contributed by atoms with Crippen LogP contribution < -0.4 is 4.72 Å². The van der Waals surface area contributed by atoms with Crippen LogP contribution in [0.5, 0.6) is 0 Å². The maximum absolute atomic E-state index is 13.5. The molecule has 1 unspecified atom stereocenters. The van der Waals surface area contributed by atoms with Gasteiger partial charge in [-0.15, -0.1) is 6.58 Å². The van der Waals surface area contributed by atoms with Crippen molar-refractivity contribution in [3.8, 4) is 0 Å². The van der Waals surface area contributed by atoms with Gasteiger partial charge in [0, 0.05) is 5.54 Å². The van der Waals surface area contributed by atoms with Crippen LogP contribution in [-0.2, 0) is 10.0 Å². The molecule has 1 atom stereocenters. The van der Waals surface area contributed by atoms with Gasteiger partial charge in [0.2, 0.25) is 0 Å². The summed E-state index contributed by atoms with van der Waals surface area (Å²) in [4.78, 5) is 5.51. The first-order valence-corrected chi connectivity index (χ1v) is 16.5. The molecule has 0 spiro atoms. The molecule has 0 amide bonds. The number of aryl methyl sites for hydroxylation is 1. The lowest BCUT2D eigenvalue weighted by molar-refractivity contribution is 0.442. The first-order chi connectivity index (χ1) is 15.5. The average Bonchev–Trinajstić information content (AvgIpc) is 2.73. The molecule has 1 aromatic carbocycles. The molecule has 1 N–H and O–H groups in total. The minimum absolute atomic E-state index is 0.0807. The molecule has 0 aromatic heterocycles. The van der Waals surface area contributed by atoms with Crippen molar-refractivity contribution in [2.75, 3.05) is 0 Å². The Bertz CT molecular complexity index is 877. The topological polar surface area (TPSA) is 58.5 Å². The molecule has 1 fully saturated rings. The molecule has 0 aliphatic heterocycles. The Hall–Kier alpha value is -1.40. The first kappa shape index (κ1) is 27.8. The zero-order chi connectivity index (χ0) is 24.8. The van der Waals surface area contributed by atoms with Gasteiger partial charge >= 0.3 is 0 Å². The summed E-state index contributed by atoms with van der Waals surface area (Å²) in [6.45, 7) is 20.0. The molecule has 0 heterocycles. The number of nitrogens with zero attached hydrogens (tertiary/aromatic N) is 1. The highest BCUT2D eigenvalue weighted by Crippen LogP contribution is 2.51. The van der Waals surface area contributed by atoms with Crippen molar-refractivity contribution in [1.82, 2.24) is 4.72 Å². The van der Waals surface area contributed by atoms with Gasteiger partial charge in [0.15, 0.2) is 0 Å². The second-order valence-corrected chi connectivity index (χ2v) is 18.6. The van der Waals surface area contributed by atoms with Crippen LogP contribution in [0.2, 0.25) is 22.2 Å². The maximum Gasteiger partial charge on any atom is 0.262 e. The normalized spacial score (nSPS) is 17.6.